The fourth-order valence-electron chi connectivity index (χ4n) is 0. The number of carbonyl (C=O) groups excluding carboxylic acids is 2. The molecule has 131 valence electrons. The number of carboxylic acids is 3. The van der Waals surface area contributed by atoms with Crippen molar-refractivity contribution in [2.24, 2.45) is 0 Å². The summed E-state index contributed by atoms with van der Waals surface area (Å²) in [5, 5.41) is 26.2. The Morgan fingerprint density at radius 1 is 0.857 bits per heavy atom. The average Bonchev–Trinajstić information content (AvgIpc) is 2.28. The van der Waals surface area contributed by atoms with Crippen LogP contribution in [0.1, 0.15) is 40.0 Å². The van der Waals surface area contributed by atoms with Gasteiger partial charge in [0.05, 0.1) is 0 Å². The number of hydrogen-bond acceptors (Lipinski definition) is 7. The number of aliphatic carboxylic acids is 3. The molecule has 0 fully saturated rings. The predicted molar refractivity (Wildman–Crippen MR) is 62.7 cm³/mol. The van der Waals surface area contributed by atoms with E-state index in [-0.39, 0.29) is 36.3 Å². The quantitative estimate of drug-likeness (QED) is 0.367. The Hall–Kier alpha value is -1.20. The SMILES string of the molecule is CCC(=O)O.CCC(=O)[O-].CCC(=O)[O-].O=S(=O)(O)O.[Cu+2]. The molecule has 0 aliphatic heterocycles. The first-order chi connectivity index (χ1) is 8.81. The van der Waals surface area contributed by atoms with E-state index in [1.54, 1.807) is 6.92 Å². The molecule has 0 saturated heterocycles. The van der Waals surface area contributed by atoms with E-state index in [9.17, 15) is 24.6 Å². The van der Waals surface area contributed by atoms with E-state index >= 15 is 0 Å². The first-order valence-corrected chi connectivity index (χ1v) is 6.52. The summed E-state index contributed by atoms with van der Waals surface area (Å²) in [4.78, 5) is 27.9. The minimum atomic E-state index is -4.67. The Morgan fingerprint density at radius 2 is 0.952 bits per heavy atom. The summed E-state index contributed by atoms with van der Waals surface area (Å²) in [6, 6.07) is 0. The van der Waals surface area contributed by atoms with Gasteiger partial charge in [-0.2, -0.15) is 8.42 Å². The maximum absolute atomic E-state index is 9.37. The van der Waals surface area contributed by atoms with Crippen LogP contribution in [-0.2, 0) is 41.9 Å². The zero-order valence-electron chi connectivity index (χ0n) is 11.5. The number of rotatable bonds is 3. The van der Waals surface area contributed by atoms with Crippen LogP contribution in [0.5, 0.6) is 0 Å². The summed E-state index contributed by atoms with van der Waals surface area (Å²) in [6.45, 7) is 4.67. The van der Waals surface area contributed by atoms with Crippen LogP contribution in [0.25, 0.3) is 0 Å². The van der Waals surface area contributed by atoms with Crippen LogP contribution in [0.2, 0.25) is 0 Å². The van der Waals surface area contributed by atoms with E-state index in [1.807, 2.05) is 0 Å². The zero-order valence-corrected chi connectivity index (χ0v) is 13.3. The Bertz CT molecular complexity index is 323. The van der Waals surface area contributed by atoms with Crippen molar-refractivity contribution in [3.05, 3.63) is 0 Å². The largest absolute Gasteiger partial charge is 2.00 e. The maximum Gasteiger partial charge on any atom is 2.00 e. The fraction of sp³-hybridized carbons (Fsp3) is 0.667. The number of hydrogen-bond donors (Lipinski definition) is 3. The Morgan fingerprint density at radius 3 is 0.952 bits per heavy atom. The minimum absolute atomic E-state index is 0. The molecule has 0 saturated carbocycles. The third-order valence-corrected chi connectivity index (χ3v) is 0.880. The molecule has 0 heterocycles. The summed E-state index contributed by atoms with van der Waals surface area (Å²) in [5.41, 5.74) is 0. The van der Waals surface area contributed by atoms with E-state index < -0.39 is 28.3 Å². The Labute approximate surface area is 133 Å². The molecule has 0 spiro atoms. The molecule has 0 unspecified atom stereocenters. The van der Waals surface area contributed by atoms with Gasteiger partial charge in [0, 0.05) is 18.4 Å². The summed E-state index contributed by atoms with van der Waals surface area (Å²) in [6.07, 6.45) is 0.444. The van der Waals surface area contributed by atoms with Crippen LogP contribution in [0.15, 0.2) is 0 Å². The number of carbonyl (C=O) groups is 3. The van der Waals surface area contributed by atoms with E-state index in [0.29, 0.717) is 0 Å². The van der Waals surface area contributed by atoms with Crippen LogP contribution in [0.3, 0.4) is 0 Å². The van der Waals surface area contributed by atoms with Crippen molar-refractivity contribution in [1.82, 2.24) is 0 Å². The van der Waals surface area contributed by atoms with Crippen molar-refractivity contribution < 1.29 is 64.3 Å². The second-order valence-electron chi connectivity index (χ2n) is 2.65. The summed E-state index contributed by atoms with van der Waals surface area (Å²) >= 11 is 0. The van der Waals surface area contributed by atoms with Gasteiger partial charge in [0.1, 0.15) is 0 Å². The molecule has 0 bridgehead atoms. The molecular weight excluding hydrogens is 364 g/mol. The molecule has 12 heteroatoms. The molecule has 0 aliphatic rings. The molecule has 0 atom stereocenters. The molecule has 0 aliphatic carbocycles. The predicted octanol–water partition coefficient (Wildman–Crippen LogP) is -1.88. The maximum atomic E-state index is 9.37. The second kappa shape index (κ2) is 21.1. The average molecular weight is 382 g/mol. The molecule has 0 aromatic heterocycles. The summed E-state index contributed by atoms with van der Waals surface area (Å²) < 4.78 is 31.6. The molecule has 0 aromatic carbocycles. The smallest absolute Gasteiger partial charge is 0.550 e. The first-order valence-electron chi connectivity index (χ1n) is 5.12. The topological polar surface area (TPSA) is 192 Å². The molecule has 10 nitrogen and oxygen atoms in total. The van der Waals surface area contributed by atoms with Gasteiger partial charge in [-0.15, -0.1) is 0 Å². The number of carboxylic acid groups (broad SMARTS) is 3. The van der Waals surface area contributed by atoms with Gasteiger partial charge in [-0.1, -0.05) is 20.8 Å². The van der Waals surface area contributed by atoms with Gasteiger partial charge in [0.2, 0.25) is 0 Å². The third kappa shape index (κ3) is 230. The van der Waals surface area contributed by atoms with Crippen LogP contribution in [-0.4, -0.2) is 40.5 Å². The van der Waals surface area contributed by atoms with Gasteiger partial charge in [0.15, 0.2) is 0 Å². The monoisotopic (exact) mass is 381 g/mol. The molecule has 1 radical (unpaired) electrons. The molecule has 0 amide bonds. The van der Waals surface area contributed by atoms with Crippen LogP contribution < -0.4 is 10.2 Å². The van der Waals surface area contributed by atoms with Gasteiger partial charge < -0.3 is 24.9 Å². The van der Waals surface area contributed by atoms with Gasteiger partial charge >= 0.3 is 33.4 Å². The van der Waals surface area contributed by atoms with Gasteiger partial charge in [-0.25, -0.2) is 0 Å². The third-order valence-electron chi connectivity index (χ3n) is 0.880. The summed E-state index contributed by atoms with van der Waals surface area (Å²) in [7, 11) is -4.67. The molecule has 21 heavy (non-hydrogen) atoms. The Kier molecular flexibility index (Phi) is 32.1. The van der Waals surface area contributed by atoms with E-state index in [0.717, 1.165) is 0 Å². The van der Waals surface area contributed by atoms with Crippen molar-refractivity contribution in [2.75, 3.05) is 0 Å². The molecule has 3 N–H and O–H groups in total. The van der Waals surface area contributed by atoms with E-state index in [4.69, 9.17) is 22.6 Å². The van der Waals surface area contributed by atoms with Crippen LogP contribution in [0.4, 0.5) is 0 Å². The van der Waals surface area contributed by atoms with Crippen LogP contribution in [0, 0.1) is 0 Å². The van der Waals surface area contributed by atoms with Crippen molar-refractivity contribution in [3.63, 3.8) is 0 Å². The van der Waals surface area contributed by atoms with Crippen LogP contribution >= 0.6 is 0 Å². The summed E-state index contributed by atoms with van der Waals surface area (Å²) in [5.74, 6) is -2.74. The van der Waals surface area contributed by atoms with Crippen molar-refractivity contribution >= 4 is 28.3 Å². The fourth-order valence-corrected chi connectivity index (χ4v) is 0. The van der Waals surface area contributed by atoms with E-state index in [1.165, 1.54) is 13.8 Å². The normalized spacial score (nSPS) is 8.05. The van der Waals surface area contributed by atoms with Gasteiger partial charge in [0.25, 0.3) is 0 Å². The molecular formula is C9H18CuO10S. The standard InChI is InChI=1S/3C3H6O2.Cu.H2O4S/c3*1-2-3(4)5;;1-5(2,3)4/h3*2H2,1H3,(H,4,5);;(H2,1,2,3,4)/q;;;+2;/p-2. The first kappa shape index (κ1) is 31.9. The molecule has 0 rings (SSSR count). The molecule has 0 aromatic rings. The van der Waals surface area contributed by atoms with E-state index in [2.05, 4.69) is 0 Å². The van der Waals surface area contributed by atoms with Crippen molar-refractivity contribution in [2.45, 2.75) is 40.0 Å². The zero-order chi connectivity index (χ0) is 17.4. The minimum Gasteiger partial charge on any atom is -0.550 e. The van der Waals surface area contributed by atoms with Crippen molar-refractivity contribution in [1.29, 1.82) is 0 Å². The van der Waals surface area contributed by atoms with Crippen molar-refractivity contribution in [3.8, 4) is 0 Å². The second-order valence-corrected chi connectivity index (χ2v) is 3.54. The Balaban J connectivity index is -0.0000000533. The van der Waals surface area contributed by atoms with Gasteiger partial charge in [-0.3, -0.25) is 13.9 Å². The van der Waals surface area contributed by atoms with Gasteiger partial charge in [-0.05, 0) is 12.8 Å².